The maximum Gasteiger partial charge on any atom is 0.197 e. The average molecular weight is 208 g/mol. The molecular formula is C12H16O3. The van der Waals surface area contributed by atoms with Crippen LogP contribution in [0.2, 0.25) is 0 Å². The van der Waals surface area contributed by atoms with Crippen molar-refractivity contribution in [3.63, 3.8) is 0 Å². The summed E-state index contributed by atoms with van der Waals surface area (Å²) in [4.78, 5) is 0. The Labute approximate surface area is 90.0 Å². The second-order valence-corrected chi connectivity index (χ2v) is 3.42. The highest BCUT2D eigenvalue weighted by Crippen LogP contribution is 2.25. The number of phenols is 1. The average Bonchev–Trinajstić information content (AvgIpc) is 2.18. The number of ether oxygens (including phenoxy) is 2. The van der Waals surface area contributed by atoms with Crippen molar-refractivity contribution in [3.8, 4) is 11.5 Å². The van der Waals surface area contributed by atoms with Crippen molar-refractivity contribution in [2.75, 3.05) is 6.61 Å². The Morgan fingerprint density at radius 3 is 2.73 bits per heavy atom. The van der Waals surface area contributed by atoms with Gasteiger partial charge in [-0.1, -0.05) is 24.3 Å². The van der Waals surface area contributed by atoms with Gasteiger partial charge in [0.05, 0.1) is 6.61 Å². The molecular weight excluding hydrogens is 192 g/mol. The van der Waals surface area contributed by atoms with Crippen LogP contribution >= 0.6 is 0 Å². The van der Waals surface area contributed by atoms with Gasteiger partial charge in [0.15, 0.2) is 17.8 Å². The largest absolute Gasteiger partial charge is 0.504 e. The summed E-state index contributed by atoms with van der Waals surface area (Å²) < 4.78 is 10.7. The molecule has 0 aliphatic carbocycles. The standard InChI is InChI=1S/C12H16O3/c1-9(2)8-14-10(3)15-12-7-5-4-6-11(12)13/h4-7,10,13H,1,8H2,2-3H3. The topological polar surface area (TPSA) is 38.7 Å². The van der Waals surface area contributed by atoms with Gasteiger partial charge in [0.25, 0.3) is 0 Å². The number of rotatable bonds is 5. The highest BCUT2D eigenvalue weighted by atomic mass is 16.7. The van der Waals surface area contributed by atoms with Crippen LogP contribution in [0.1, 0.15) is 13.8 Å². The van der Waals surface area contributed by atoms with Gasteiger partial charge in [-0.3, -0.25) is 0 Å². The predicted octanol–water partition coefficient (Wildman–Crippen LogP) is 2.71. The van der Waals surface area contributed by atoms with Crippen LogP contribution in [-0.4, -0.2) is 18.0 Å². The van der Waals surface area contributed by atoms with E-state index in [-0.39, 0.29) is 5.75 Å². The van der Waals surface area contributed by atoms with Gasteiger partial charge in [-0.05, 0) is 26.0 Å². The molecule has 1 N–H and O–H groups in total. The lowest BCUT2D eigenvalue weighted by Gasteiger charge is -2.15. The number of para-hydroxylation sites is 2. The maximum atomic E-state index is 9.44. The summed E-state index contributed by atoms with van der Waals surface area (Å²) >= 11 is 0. The van der Waals surface area contributed by atoms with Crippen molar-refractivity contribution in [1.82, 2.24) is 0 Å². The molecule has 3 nitrogen and oxygen atoms in total. The predicted molar refractivity (Wildman–Crippen MR) is 59.0 cm³/mol. The van der Waals surface area contributed by atoms with E-state index in [2.05, 4.69) is 6.58 Å². The molecule has 0 amide bonds. The minimum atomic E-state index is -0.407. The molecule has 1 aromatic carbocycles. The zero-order chi connectivity index (χ0) is 11.3. The Morgan fingerprint density at radius 1 is 1.47 bits per heavy atom. The normalized spacial score (nSPS) is 12.1. The summed E-state index contributed by atoms with van der Waals surface area (Å²) in [5.74, 6) is 0.537. The molecule has 0 spiro atoms. The Kier molecular flexibility index (Phi) is 4.18. The first-order chi connectivity index (χ1) is 7.09. The molecule has 0 bridgehead atoms. The van der Waals surface area contributed by atoms with Gasteiger partial charge in [-0.25, -0.2) is 0 Å². The maximum absolute atomic E-state index is 9.44. The lowest BCUT2D eigenvalue weighted by Crippen LogP contribution is -2.17. The Balaban J connectivity index is 2.47. The van der Waals surface area contributed by atoms with E-state index < -0.39 is 6.29 Å². The molecule has 0 aliphatic rings. The van der Waals surface area contributed by atoms with Crippen molar-refractivity contribution in [1.29, 1.82) is 0 Å². The molecule has 1 unspecified atom stereocenters. The number of hydrogen-bond donors (Lipinski definition) is 1. The van der Waals surface area contributed by atoms with Gasteiger partial charge >= 0.3 is 0 Å². The molecule has 0 saturated heterocycles. The van der Waals surface area contributed by atoms with Gasteiger partial charge in [-0.15, -0.1) is 0 Å². The molecule has 82 valence electrons. The molecule has 0 heterocycles. The molecule has 0 aliphatic heterocycles. The number of phenolic OH excluding ortho intramolecular Hbond substituents is 1. The smallest absolute Gasteiger partial charge is 0.197 e. The molecule has 0 saturated carbocycles. The fraction of sp³-hybridized carbons (Fsp3) is 0.333. The first-order valence-electron chi connectivity index (χ1n) is 4.80. The number of benzene rings is 1. The van der Waals surface area contributed by atoms with Crippen molar-refractivity contribution < 1.29 is 14.6 Å². The van der Waals surface area contributed by atoms with Crippen LogP contribution in [0.3, 0.4) is 0 Å². The highest BCUT2D eigenvalue weighted by Gasteiger charge is 2.06. The second-order valence-electron chi connectivity index (χ2n) is 3.42. The Morgan fingerprint density at radius 2 is 2.13 bits per heavy atom. The van der Waals surface area contributed by atoms with Crippen LogP contribution in [0.25, 0.3) is 0 Å². The van der Waals surface area contributed by atoms with Gasteiger partial charge in [0, 0.05) is 0 Å². The summed E-state index contributed by atoms with van der Waals surface area (Å²) in [6.07, 6.45) is -0.407. The summed E-state index contributed by atoms with van der Waals surface area (Å²) in [5, 5.41) is 9.44. The van der Waals surface area contributed by atoms with Crippen molar-refractivity contribution in [2.24, 2.45) is 0 Å². The minimum Gasteiger partial charge on any atom is -0.504 e. The zero-order valence-electron chi connectivity index (χ0n) is 9.06. The SMILES string of the molecule is C=C(C)COC(C)Oc1ccccc1O. The van der Waals surface area contributed by atoms with E-state index in [0.29, 0.717) is 12.4 Å². The first kappa shape index (κ1) is 11.6. The van der Waals surface area contributed by atoms with E-state index in [9.17, 15) is 5.11 Å². The molecule has 1 aromatic rings. The van der Waals surface area contributed by atoms with E-state index >= 15 is 0 Å². The summed E-state index contributed by atoms with van der Waals surface area (Å²) in [7, 11) is 0. The van der Waals surface area contributed by atoms with Crippen LogP contribution in [0.5, 0.6) is 11.5 Å². The Bertz CT molecular complexity index is 333. The second kappa shape index (κ2) is 5.41. The van der Waals surface area contributed by atoms with Gasteiger partial charge in [0.1, 0.15) is 0 Å². The quantitative estimate of drug-likeness (QED) is 0.597. The number of hydrogen-bond acceptors (Lipinski definition) is 3. The van der Waals surface area contributed by atoms with Crippen LogP contribution in [0.15, 0.2) is 36.4 Å². The van der Waals surface area contributed by atoms with Crippen LogP contribution < -0.4 is 4.74 Å². The van der Waals surface area contributed by atoms with Crippen LogP contribution in [0.4, 0.5) is 0 Å². The highest BCUT2D eigenvalue weighted by molar-refractivity contribution is 5.37. The van der Waals surface area contributed by atoms with E-state index in [1.165, 1.54) is 0 Å². The van der Waals surface area contributed by atoms with Gasteiger partial charge in [-0.2, -0.15) is 0 Å². The summed E-state index contributed by atoms with van der Waals surface area (Å²) in [6.45, 7) is 7.83. The van der Waals surface area contributed by atoms with Gasteiger partial charge in [0.2, 0.25) is 0 Å². The van der Waals surface area contributed by atoms with E-state index in [0.717, 1.165) is 5.57 Å². The van der Waals surface area contributed by atoms with E-state index in [1.807, 2.05) is 6.92 Å². The third-order valence-electron chi connectivity index (χ3n) is 1.72. The monoisotopic (exact) mass is 208 g/mol. The molecule has 1 rings (SSSR count). The number of aromatic hydroxyl groups is 1. The van der Waals surface area contributed by atoms with E-state index in [1.54, 1.807) is 31.2 Å². The third-order valence-corrected chi connectivity index (χ3v) is 1.72. The van der Waals surface area contributed by atoms with Crippen molar-refractivity contribution >= 4 is 0 Å². The first-order valence-corrected chi connectivity index (χ1v) is 4.80. The molecule has 0 radical (unpaired) electrons. The molecule has 0 aromatic heterocycles. The minimum absolute atomic E-state index is 0.114. The molecule has 15 heavy (non-hydrogen) atoms. The molecule has 0 fully saturated rings. The van der Waals surface area contributed by atoms with Crippen molar-refractivity contribution in [2.45, 2.75) is 20.1 Å². The summed E-state index contributed by atoms with van der Waals surface area (Å²) in [6, 6.07) is 6.79. The Hall–Kier alpha value is -1.48. The van der Waals surface area contributed by atoms with E-state index in [4.69, 9.17) is 9.47 Å². The van der Waals surface area contributed by atoms with Crippen molar-refractivity contribution in [3.05, 3.63) is 36.4 Å². The summed E-state index contributed by atoms with van der Waals surface area (Å²) in [5.41, 5.74) is 0.933. The lowest BCUT2D eigenvalue weighted by atomic mass is 10.3. The van der Waals surface area contributed by atoms with Gasteiger partial charge < -0.3 is 14.6 Å². The fourth-order valence-corrected chi connectivity index (χ4v) is 1.03. The lowest BCUT2D eigenvalue weighted by molar-refractivity contribution is -0.0583. The molecule has 3 heteroatoms. The van der Waals surface area contributed by atoms with Crippen LogP contribution in [-0.2, 0) is 4.74 Å². The van der Waals surface area contributed by atoms with Crippen LogP contribution in [0, 0.1) is 0 Å². The zero-order valence-corrected chi connectivity index (χ0v) is 9.06. The molecule has 1 atom stereocenters. The fourth-order valence-electron chi connectivity index (χ4n) is 1.03. The third kappa shape index (κ3) is 4.04.